The Morgan fingerprint density at radius 1 is 1.13 bits per heavy atom. The summed E-state index contributed by atoms with van der Waals surface area (Å²) >= 11 is 3.53. The van der Waals surface area contributed by atoms with Crippen LogP contribution >= 0.6 is 15.9 Å². The molecule has 1 aromatic heterocycles. The van der Waals surface area contributed by atoms with Crippen molar-refractivity contribution >= 4 is 38.6 Å². The lowest BCUT2D eigenvalue weighted by Crippen LogP contribution is -2.20. The second-order valence-electron chi connectivity index (χ2n) is 6.79. The number of H-pyrrole nitrogens is 1. The van der Waals surface area contributed by atoms with Gasteiger partial charge in [-0.25, -0.2) is 4.98 Å². The number of nitrogens with one attached hydrogen (secondary N) is 2. The molecule has 0 atom stereocenters. The highest BCUT2D eigenvalue weighted by atomic mass is 79.9. The number of ether oxygens (including phenoxy) is 2. The number of amides is 1. The van der Waals surface area contributed by atoms with Gasteiger partial charge in [-0.1, -0.05) is 29.8 Å². The van der Waals surface area contributed by atoms with E-state index in [1.165, 1.54) is 0 Å². The minimum absolute atomic E-state index is 0.146. The van der Waals surface area contributed by atoms with Crippen LogP contribution in [0.15, 0.2) is 65.1 Å². The number of aryl methyl sites for hydroxylation is 1. The van der Waals surface area contributed by atoms with E-state index in [1.807, 2.05) is 67.6 Å². The molecule has 0 unspecified atom stereocenters. The average Bonchev–Trinajstić information content (AvgIpc) is 3.18. The van der Waals surface area contributed by atoms with Crippen molar-refractivity contribution in [3.8, 4) is 22.9 Å². The van der Waals surface area contributed by atoms with Crippen molar-refractivity contribution in [3.63, 3.8) is 0 Å². The van der Waals surface area contributed by atoms with Crippen molar-refractivity contribution in [1.82, 2.24) is 9.97 Å². The van der Waals surface area contributed by atoms with E-state index in [0.29, 0.717) is 16.0 Å². The molecule has 0 saturated heterocycles. The highest BCUT2D eigenvalue weighted by molar-refractivity contribution is 9.10. The molecular formula is C23H20BrN3O3. The minimum Gasteiger partial charge on any atom is -0.493 e. The van der Waals surface area contributed by atoms with Gasteiger partial charge >= 0.3 is 0 Å². The average molecular weight is 466 g/mol. The zero-order valence-corrected chi connectivity index (χ0v) is 18.1. The van der Waals surface area contributed by atoms with Crippen molar-refractivity contribution in [2.24, 2.45) is 0 Å². The van der Waals surface area contributed by atoms with Crippen molar-refractivity contribution < 1.29 is 14.3 Å². The van der Waals surface area contributed by atoms with Crippen LogP contribution in [0.2, 0.25) is 0 Å². The molecule has 7 heteroatoms. The van der Waals surface area contributed by atoms with Crippen LogP contribution in [0, 0.1) is 6.92 Å². The summed E-state index contributed by atoms with van der Waals surface area (Å²) in [6.45, 7) is 1.85. The third-order valence-electron chi connectivity index (χ3n) is 4.58. The third kappa shape index (κ3) is 4.31. The van der Waals surface area contributed by atoms with Gasteiger partial charge in [0.1, 0.15) is 5.82 Å². The number of methoxy groups -OCH3 is 1. The highest BCUT2D eigenvalue weighted by Gasteiger charge is 2.16. The molecular weight excluding hydrogens is 446 g/mol. The number of carbonyl (C=O) groups excluding carboxylic acids is 1. The number of halogens is 1. The van der Waals surface area contributed by atoms with E-state index >= 15 is 0 Å². The first-order chi connectivity index (χ1) is 14.5. The molecule has 6 nitrogen and oxygen atoms in total. The monoisotopic (exact) mass is 465 g/mol. The van der Waals surface area contributed by atoms with Crippen molar-refractivity contribution in [2.45, 2.75) is 6.92 Å². The number of imidazole rings is 1. The summed E-state index contributed by atoms with van der Waals surface area (Å²) < 4.78 is 11.9. The van der Waals surface area contributed by atoms with Gasteiger partial charge in [0.25, 0.3) is 5.91 Å². The van der Waals surface area contributed by atoms with Crippen molar-refractivity contribution in [3.05, 3.63) is 70.7 Å². The molecule has 152 valence electrons. The number of hydrogen-bond donors (Lipinski definition) is 2. The van der Waals surface area contributed by atoms with E-state index in [1.54, 1.807) is 7.11 Å². The first-order valence-corrected chi connectivity index (χ1v) is 10.1. The summed E-state index contributed by atoms with van der Waals surface area (Å²) in [4.78, 5) is 20.2. The minimum atomic E-state index is -0.255. The summed E-state index contributed by atoms with van der Waals surface area (Å²) in [7, 11) is 1.56. The predicted octanol–water partition coefficient (Wildman–Crippen LogP) is 5.33. The van der Waals surface area contributed by atoms with E-state index in [2.05, 4.69) is 31.2 Å². The topological polar surface area (TPSA) is 76.2 Å². The lowest BCUT2D eigenvalue weighted by Gasteiger charge is -2.14. The molecule has 30 heavy (non-hydrogen) atoms. The van der Waals surface area contributed by atoms with Crippen LogP contribution in [0.5, 0.6) is 11.5 Å². The lowest BCUT2D eigenvalue weighted by atomic mass is 10.2. The molecule has 0 radical (unpaired) electrons. The van der Waals surface area contributed by atoms with Gasteiger partial charge in [-0.15, -0.1) is 0 Å². The fourth-order valence-electron chi connectivity index (χ4n) is 3.06. The fraction of sp³-hybridized carbons (Fsp3) is 0.130. The predicted molar refractivity (Wildman–Crippen MR) is 121 cm³/mol. The van der Waals surface area contributed by atoms with Gasteiger partial charge in [-0.3, -0.25) is 4.79 Å². The lowest BCUT2D eigenvalue weighted by molar-refractivity contribution is -0.118. The number of fused-ring (bicyclic) bond motifs is 1. The van der Waals surface area contributed by atoms with E-state index < -0.39 is 0 Å². The number of hydrogen-bond acceptors (Lipinski definition) is 4. The molecule has 2 N–H and O–H groups in total. The summed E-state index contributed by atoms with van der Waals surface area (Å²) in [6.07, 6.45) is 0. The molecule has 1 amide bonds. The zero-order chi connectivity index (χ0) is 21.1. The van der Waals surface area contributed by atoms with Gasteiger partial charge in [-0.2, -0.15) is 0 Å². The van der Waals surface area contributed by atoms with Crippen LogP contribution in [0.3, 0.4) is 0 Å². The summed E-state index contributed by atoms with van der Waals surface area (Å²) in [5.74, 6) is 1.42. The number of anilines is 1. The van der Waals surface area contributed by atoms with Gasteiger partial charge in [0.2, 0.25) is 0 Å². The Hall–Kier alpha value is -3.32. The SMILES string of the molecule is COc1cc(-c2nc3ccccc3[nH]2)cc(Br)c1OCC(=O)Nc1ccc(C)cc1. The Bertz CT molecular complexity index is 1170. The Morgan fingerprint density at radius 3 is 2.63 bits per heavy atom. The second-order valence-corrected chi connectivity index (χ2v) is 7.65. The van der Waals surface area contributed by atoms with E-state index in [9.17, 15) is 4.79 Å². The standard InChI is InChI=1S/C23H20BrN3O3/c1-14-7-9-16(10-8-14)25-21(28)13-30-22-17(24)11-15(12-20(22)29-2)23-26-18-5-3-4-6-19(18)27-23/h3-12H,13H2,1-2H3,(H,25,28)(H,26,27). The number of aromatic amines is 1. The Morgan fingerprint density at radius 2 is 1.90 bits per heavy atom. The molecule has 0 saturated carbocycles. The van der Waals surface area contributed by atoms with Crippen LogP contribution in [-0.4, -0.2) is 29.6 Å². The number of nitrogens with zero attached hydrogens (tertiary/aromatic N) is 1. The number of carbonyl (C=O) groups is 1. The maximum absolute atomic E-state index is 12.3. The molecule has 0 aliphatic carbocycles. The molecule has 0 fully saturated rings. The van der Waals surface area contributed by atoms with Gasteiger partial charge in [0.05, 0.1) is 22.6 Å². The van der Waals surface area contributed by atoms with Gasteiger partial charge in [0.15, 0.2) is 18.1 Å². The van der Waals surface area contributed by atoms with Crippen LogP contribution in [0.4, 0.5) is 5.69 Å². The van der Waals surface area contributed by atoms with Gasteiger partial charge in [-0.05, 0) is 59.3 Å². The van der Waals surface area contributed by atoms with Crippen LogP contribution in [0.1, 0.15) is 5.56 Å². The van der Waals surface area contributed by atoms with E-state index in [0.717, 1.165) is 33.7 Å². The van der Waals surface area contributed by atoms with Crippen LogP contribution in [0.25, 0.3) is 22.4 Å². The number of rotatable bonds is 6. The van der Waals surface area contributed by atoms with Gasteiger partial charge in [0, 0.05) is 11.3 Å². The summed E-state index contributed by atoms with van der Waals surface area (Å²) in [6, 6.07) is 19.1. The molecule has 0 aliphatic heterocycles. The molecule has 0 aliphatic rings. The number of benzene rings is 3. The fourth-order valence-corrected chi connectivity index (χ4v) is 3.61. The zero-order valence-electron chi connectivity index (χ0n) is 16.5. The summed E-state index contributed by atoms with van der Waals surface area (Å²) in [5.41, 5.74) is 4.53. The first kappa shape index (κ1) is 20.0. The molecule has 3 aromatic carbocycles. The van der Waals surface area contributed by atoms with E-state index in [-0.39, 0.29) is 12.5 Å². The largest absolute Gasteiger partial charge is 0.493 e. The number of para-hydroxylation sites is 2. The number of aromatic nitrogens is 2. The first-order valence-electron chi connectivity index (χ1n) is 9.35. The van der Waals surface area contributed by atoms with E-state index in [4.69, 9.17) is 9.47 Å². The molecule has 1 heterocycles. The Kier molecular flexibility index (Phi) is 5.72. The Balaban J connectivity index is 1.52. The maximum Gasteiger partial charge on any atom is 0.262 e. The van der Waals surface area contributed by atoms with Crippen molar-refractivity contribution in [1.29, 1.82) is 0 Å². The van der Waals surface area contributed by atoms with Crippen LogP contribution in [-0.2, 0) is 4.79 Å². The summed E-state index contributed by atoms with van der Waals surface area (Å²) in [5, 5.41) is 2.81. The third-order valence-corrected chi connectivity index (χ3v) is 5.16. The molecule has 4 aromatic rings. The van der Waals surface area contributed by atoms with Crippen molar-refractivity contribution in [2.75, 3.05) is 19.0 Å². The van der Waals surface area contributed by atoms with Gasteiger partial charge < -0.3 is 19.8 Å². The normalized spacial score (nSPS) is 10.8. The smallest absolute Gasteiger partial charge is 0.262 e. The maximum atomic E-state index is 12.3. The second kappa shape index (κ2) is 8.59. The van der Waals surface area contributed by atoms with Crippen LogP contribution < -0.4 is 14.8 Å². The molecule has 0 spiro atoms. The molecule has 0 bridgehead atoms. The quantitative estimate of drug-likeness (QED) is 0.403. The Labute approximate surface area is 182 Å². The highest BCUT2D eigenvalue weighted by Crippen LogP contribution is 2.39. The molecule has 4 rings (SSSR count).